The fourth-order valence-corrected chi connectivity index (χ4v) is 2.46. The zero-order valence-corrected chi connectivity index (χ0v) is 11.8. The number of carboxylic acids is 1. The van der Waals surface area contributed by atoms with Crippen molar-refractivity contribution in [2.45, 2.75) is 25.4 Å². The second-order valence-corrected chi connectivity index (χ2v) is 5.31. The van der Waals surface area contributed by atoms with Crippen LogP contribution in [0.1, 0.15) is 18.4 Å². The van der Waals surface area contributed by atoms with Gasteiger partial charge in [0.1, 0.15) is 6.04 Å². The van der Waals surface area contributed by atoms with E-state index < -0.39 is 12.0 Å². The Labute approximate surface area is 122 Å². The van der Waals surface area contributed by atoms with Gasteiger partial charge in [0.25, 0.3) is 0 Å². The number of carbonyl (C=O) groups is 2. The number of carbonyl (C=O) groups excluding carboxylic acids is 1. The molecule has 1 unspecified atom stereocenters. The Morgan fingerprint density at radius 2 is 2.05 bits per heavy atom. The maximum absolute atomic E-state index is 11.8. The minimum absolute atomic E-state index is 0.130. The van der Waals surface area contributed by atoms with Crippen LogP contribution < -0.4 is 5.32 Å². The highest BCUT2D eigenvalue weighted by Crippen LogP contribution is 2.16. The van der Waals surface area contributed by atoms with Crippen LogP contribution in [-0.4, -0.2) is 41.0 Å². The molecule has 6 heteroatoms. The molecule has 1 amide bonds. The molecule has 0 spiro atoms. The lowest BCUT2D eigenvalue weighted by Gasteiger charge is -2.20. The molecule has 0 aliphatic carbocycles. The van der Waals surface area contributed by atoms with Crippen LogP contribution in [0.2, 0.25) is 5.02 Å². The number of likely N-dealkylation sites (tertiary alicyclic amines) is 1. The van der Waals surface area contributed by atoms with E-state index in [2.05, 4.69) is 5.32 Å². The first kappa shape index (κ1) is 14.8. The molecule has 1 aromatic rings. The molecular weight excluding hydrogens is 280 g/mol. The number of rotatable bonds is 5. The van der Waals surface area contributed by atoms with Gasteiger partial charge in [-0.05, 0) is 37.1 Å². The average molecular weight is 297 g/mol. The molecule has 1 saturated heterocycles. The van der Waals surface area contributed by atoms with Crippen LogP contribution in [0.4, 0.5) is 0 Å². The molecule has 2 N–H and O–H groups in total. The molecule has 1 heterocycles. The third-order valence-corrected chi connectivity index (χ3v) is 3.65. The first-order chi connectivity index (χ1) is 9.56. The van der Waals surface area contributed by atoms with Crippen molar-refractivity contribution in [3.05, 3.63) is 34.9 Å². The topological polar surface area (TPSA) is 69.6 Å². The third-order valence-electron chi connectivity index (χ3n) is 3.40. The first-order valence-corrected chi connectivity index (χ1v) is 6.92. The van der Waals surface area contributed by atoms with Gasteiger partial charge in [0.05, 0.1) is 6.54 Å². The first-order valence-electron chi connectivity index (χ1n) is 6.54. The molecule has 1 aliphatic rings. The van der Waals surface area contributed by atoms with E-state index in [4.69, 9.17) is 16.7 Å². The fraction of sp³-hybridized carbons (Fsp3) is 0.429. The number of nitrogens with zero attached hydrogens (tertiary/aromatic N) is 1. The Bertz CT molecular complexity index is 490. The quantitative estimate of drug-likeness (QED) is 0.864. The van der Waals surface area contributed by atoms with Crippen LogP contribution in [0.5, 0.6) is 0 Å². The number of nitrogens with one attached hydrogen (secondary N) is 1. The minimum atomic E-state index is -0.854. The smallest absolute Gasteiger partial charge is 0.320 e. The van der Waals surface area contributed by atoms with Crippen LogP contribution in [-0.2, 0) is 16.1 Å². The molecule has 20 heavy (non-hydrogen) atoms. The summed E-state index contributed by atoms with van der Waals surface area (Å²) in [5.74, 6) is -1.01. The Morgan fingerprint density at radius 3 is 2.70 bits per heavy atom. The van der Waals surface area contributed by atoms with Gasteiger partial charge in [-0.15, -0.1) is 0 Å². The predicted molar refractivity (Wildman–Crippen MR) is 75.5 cm³/mol. The Kier molecular flexibility index (Phi) is 4.98. The van der Waals surface area contributed by atoms with Gasteiger partial charge in [-0.3, -0.25) is 14.5 Å². The SMILES string of the molecule is O=C(CN1CCCC1C(=O)O)NCc1ccc(Cl)cc1. The number of aliphatic carboxylic acids is 1. The van der Waals surface area contributed by atoms with Crippen molar-refractivity contribution in [2.75, 3.05) is 13.1 Å². The largest absolute Gasteiger partial charge is 0.480 e. The zero-order chi connectivity index (χ0) is 14.5. The van der Waals surface area contributed by atoms with Gasteiger partial charge in [-0.25, -0.2) is 0 Å². The number of hydrogen-bond acceptors (Lipinski definition) is 3. The van der Waals surface area contributed by atoms with Crippen molar-refractivity contribution in [1.29, 1.82) is 0 Å². The van der Waals surface area contributed by atoms with Crippen molar-refractivity contribution in [1.82, 2.24) is 10.2 Å². The van der Waals surface area contributed by atoms with E-state index in [-0.39, 0.29) is 12.5 Å². The van der Waals surface area contributed by atoms with Crippen molar-refractivity contribution < 1.29 is 14.7 Å². The van der Waals surface area contributed by atoms with Gasteiger partial charge in [-0.1, -0.05) is 23.7 Å². The Balaban J connectivity index is 1.80. The number of carboxylic acid groups (broad SMARTS) is 1. The zero-order valence-electron chi connectivity index (χ0n) is 11.0. The van der Waals surface area contributed by atoms with E-state index in [1.165, 1.54) is 0 Å². The van der Waals surface area contributed by atoms with Gasteiger partial charge >= 0.3 is 5.97 Å². The van der Waals surface area contributed by atoms with E-state index in [9.17, 15) is 9.59 Å². The van der Waals surface area contributed by atoms with Crippen LogP contribution >= 0.6 is 11.6 Å². The van der Waals surface area contributed by atoms with E-state index in [1.807, 2.05) is 12.1 Å². The highest BCUT2D eigenvalue weighted by atomic mass is 35.5. The lowest BCUT2D eigenvalue weighted by Crippen LogP contribution is -2.42. The molecule has 1 fully saturated rings. The number of hydrogen-bond donors (Lipinski definition) is 2. The summed E-state index contributed by atoms with van der Waals surface area (Å²) in [5, 5.41) is 12.5. The summed E-state index contributed by atoms with van der Waals surface area (Å²) < 4.78 is 0. The number of amides is 1. The van der Waals surface area contributed by atoms with Gasteiger partial charge in [0.15, 0.2) is 0 Å². The second-order valence-electron chi connectivity index (χ2n) is 4.87. The molecule has 108 valence electrons. The summed E-state index contributed by atoms with van der Waals surface area (Å²) >= 11 is 5.78. The molecule has 0 radical (unpaired) electrons. The van der Waals surface area contributed by atoms with Crippen LogP contribution in [0, 0.1) is 0 Å². The molecule has 2 rings (SSSR count). The molecule has 0 saturated carbocycles. The van der Waals surface area contributed by atoms with E-state index in [1.54, 1.807) is 17.0 Å². The third kappa shape index (κ3) is 3.95. The Hall–Kier alpha value is -1.59. The number of halogens is 1. The van der Waals surface area contributed by atoms with Gasteiger partial charge in [0.2, 0.25) is 5.91 Å². The molecule has 0 bridgehead atoms. The van der Waals surface area contributed by atoms with E-state index in [0.717, 1.165) is 12.0 Å². The maximum atomic E-state index is 11.8. The lowest BCUT2D eigenvalue weighted by atomic mass is 10.2. The summed E-state index contributed by atoms with van der Waals surface area (Å²) in [6.07, 6.45) is 1.43. The molecule has 0 aromatic heterocycles. The highest BCUT2D eigenvalue weighted by Gasteiger charge is 2.31. The van der Waals surface area contributed by atoms with E-state index >= 15 is 0 Å². The average Bonchev–Trinajstić information content (AvgIpc) is 2.86. The van der Waals surface area contributed by atoms with Crippen molar-refractivity contribution >= 4 is 23.5 Å². The summed E-state index contributed by atoms with van der Waals surface area (Å²) in [4.78, 5) is 24.6. The Morgan fingerprint density at radius 1 is 1.35 bits per heavy atom. The monoisotopic (exact) mass is 296 g/mol. The van der Waals surface area contributed by atoms with Crippen molar-refractivity contribution in [3.63, 3.8) is 0 Å². The molecule has 5 nitrogen and oxygen atoms in total. The highest BCUT2D eigenvalue weighted by molar-refractivity contribution is 6.30. The maximum Gasteiger partial charge on any atom is 0.320 e. The minimum Gasteiger partial charge on any atom is -0.480 e. The second kappa shape index (κ2) is 6.72. The molecular formula is C14H17ClN2O3. The standard InChI is InChI=1S/C14H17ClN2O3/c15-11-5-3-10(4-6-11)8-16-13(18)9-17-7-1-2-12(17)14(19)20/h3-6,12H,1-2,7-9H2,(H,16,18)(H,19,20). The van der Waals surface area contributed by atoms with E-state index in [0.29, 0.717) is 24.5 Å². The van der Waals surface area contributed by atoms with Gasteiger partial charge in [0, 0.05) is 11.6 Å². The van der Waals surface area contributed by atoms with Gasteiger partial charge in [-0.2, -0.15) is 0 Å². The summed E-state index contributed by atoms with van der Waals surface area (Å²) in [6.45, 7) is 1.21. The summed E-state index contributed by atoms with van der Waals surface area (Å²) in [5.41, 5.74) is 0.957. The van der Waals surface area contributed by atoms with Gasteiger partial charge < -0.3 is 10.4 Å². The summed E-state index contributed by atoms with van der Waals surface area (Å²) in [6, 6.07) is 6.70. The normalized spacial score (nSPS) is 18.9. The molecule has 1 aliphatic heterocycles. The van der Waals surface area contributed by atoms with Crippen molar-refractivity contribution in [2.24, 2.45) is 0 Å². The van der Waals surface area contributed by atoms with Crippen LogP contribution in [0.3, 0.4) is 0 Å². The van der Waals surface area contributed by atoms with Crippen LogP contribution in [0.15, 0.2) is 24.3 Å². The predicted octanol–water partition coefficient (Wildman–Crippen LogP) is 1.51. The lowest BCUT2D eigenvalue weighted by molar-refractivity contribution is -0.142. The summed E-state index contributed by atoms with van der Waals surface area (Å²) in [7, 11) is 0. The molecule has 1 aromatic carbocycles. The molecule has 1 atom stereocenters. The van der Waals surface area contributed by atoms with Crippen molar-refractivity contribution in [3.8, 4) is 0 Å². The fourth-order valence-electron chi connectivity index (χ4n) is 2.34. The van der Waals surface area contributed by atoms with Crippen LogP contribution in [0.25, 0.3) is 0 Å². The number of benzene rings is 1.